The smallest absolute Gasteiger partial charge is 0.381 e. The molecule has 4 rings (SSSR count). The predicted molar refractivity (Wildman–Crippen MR) is 109 cm³/mol. The molecule has 0 N–H and O–H groups in total. The van der Waals surface area contributed by atoms with Crippen molar-refractivity contribution >= 4 is 5.91 Å². The first kappa shape index (κ1) is 22.8. The Bertz CT molecular complexity index is 1140. The van der Waals surface area contributed by atoms with Crippen molar-refractivity contribution in [1.82, 2.24) is 24.4 Å². The first-order valence-corrected chi connectivity index (χ1v) is 10.3. The number of hydrogen-bond acceptors (Lipinski definition) is 5. The Morgan fingerprint density at radius 2 is 1.94 bits per heavy atom. The summed E-state index contributed by atoms with van der Waals surface area (Å²) in [6.07, 6.45) is 0.480. The summed E-state index contributed by atoms with van der Waals surface area (Å²) < 4.78 is 60.8. The summed E-state index contributed by atoms with van der Waals surface area (Å²) in [6.45, 7) is 1.14. The van der Waals surface area contributed by atoms with Gasteiger partial charge in [0, 0.05) is 44.6 Å². The first-order valence-electron chi connectivity index (χ1n) is 10.3. The van der Waals surface area contributed by atoms with Crippen LogP contribution < -0.4 is 0 Å². The average molecular weight is 463 g/mol. The minimum Gasteiger partial charge on any atom is -0.381 e. The highest BCUT2D eigenvalue weighted by Crippen LogP contribution is 2.31. The van der Waals surface area contributed by atoms with Crippen molar-refractivity contribution in [2.75, 3.05) is 13.2 Å². The van der Waals surface area contributed by atoms with E-state index in [0.29, 0.717) is 37.7 Å². The largest absolute Gasteiger partial charge is 0.433 e. The third-order valence-electron chi connectivity index (χ3n) is 5.43. The van der Waals surface area contributed by atoms with Gasteiger partial charge in [0.25, 0.3) is 5.91 Å². The van der Waals surface area contributed by atoms with Gasteiger partial charge in [0.2, 0.25) is 0 Å². The lowest BCUT2D eigenvalue weighted by Crippen LogP contribution is -2.43. The fourth-order valence-electron chi connectivity index (χ4n) is 3.76. The van der Waals surface area contributed by atoms with E-state index in [9.17, 15) is 22.4 Å². The fourth-order valence-corrected chi connectivity index (χ4v) is 3.76. The highest BCUT2D eigenvalue weighted by atomic mass is 19.4. The van der Waals surface area contributed by atoms with Crippen LogP contribution in [0.2, 0.25) is 0 Å². The zero-order valence-electron chi connectivity index (χ0n) is 17.7. The molecule has 174 valence electrons. The summed E-state index contributed by atoms with van der Waals surface area (Å²) in [5, 5.41) is 0. The molecule has 1 aliphatic heterocycles. The summed E-state index contributed by atoms with van der Waals surface area (Å²) in [5.74, 6) is -1.01. The predicted octanol–water partition coefficient (Wildman–Crippen LogP) is 3.86. The minimum atomic E-state index is -4.68. The van der Waals surface area contributed by atoms with E-state index in [0.717, 1.165) is 12.4 Å². The van der Waals surface area contributed by atoms with Gasteiger partial charge in [-0.25, -0.2) is 19.3 Å². The molecule has 3 aromatic rings. The molecule has 0 radical (unpaired) electrons. The molecule has 0 unspecified atom stereocenters. The van der Waals surface area contributed by atoms with Gasteiger partial charge in [-0.1, -0.05) is 6.07 Å². The topological polar surface area (TPSA) is 73.1 Å². The molecule has 0 saturated carbocycles. The Morgan fingerprint density at radius 1 is 1.18 bits per heavy atom. The van der Waals surface area contributed by atoms with Crippen molar-refractivity contribution in [3.8, 4) is 11.3 Å². The van der Waals surface area contributed by atoms with Crippen molar-refractivity contribution < 1.29 is 27.1 Å². The molecule has 1 fully saturated rings. The highest BCUT2D eigenvalue weighted by molar-refractivity contribution is 5.92. The SMILES string of the molecule is Cn1cnc(C(=O)N(Cc2ccc(F)c(-c3cc(C(F)(F)F)ncn3)c2)C2CCOCC2)c1. The number of carbonyl (C=O) groups excluding carboxylic acids is 1. The minimum absolute atomic E-state index is 0.0994. The number of rotatable bonds is 5. The standard InChI is InChI=1S/C22H21F4N5O2/c1-30-11-19(29-13-30)21(32)31(15-4-6-33-7-5-15)10-14-2-3-17(23)16(8-14)18-9-20(22(24,25)26)28-12-27-18/h2-3,8-9,11-13,15H,4-7,10H2,1H3. The molecule has 33 heavy (non-hydrogen) atoms. The summed E-state index contributed by atoms with van der Waals surface area (Å²) in [6, 6.07) is 4.67. The van der Waals surface area contributed by atoms with Crippen LogP contribution in [0.15, 0.2) is 43.1 Å². The van der Waals surface area contributed by atoms with Gasteiger partial charge in [-0.2, -0.15) is 13.2 Å². The van der Waals surface area contributed by atoms with Crippen LogP contribution in [-0.2, 0) is 24.5 Å². The summed E-state index contributed by atoms with van der Waals surface area (Å²) in [7, 11) is 1.76. The lowest BCUT2D eigenvalue weighted by atomic mass is 10.0. The third-order valence-corrected chi connectivity index (χ3v) is 5.43. The van der Waals surface area contributed by atoms with Crippen molar-refractivity contribution in [3.05, 3.63) is 65.9 Å². The second kappa shape index (κ2) is 9.26. The maximum atomic E-state index is 14.6. The molecule has 3 heterocycles. The van der Waals surface area contributed by atoms with Crippen LogP contribution in [0.3, 0.4) is 0 Å². The van der Waals surface area contributed by atoms with Gasteiger partial charge < -0.3 is 14.2 Å². The van der Waals surface area contributed by atoms with E-state index in [-0.39, 0.29) is 35.4 Å². The van der Waals surface area contributed by atoms with Gasteiger partial charge in [-0.05, 0) is 36.6 Å². The summed E-state index contributed by atoms with van der Waals surface area (Å²) >= 11 is 0. The molecule has 0 aliphatic carbocycles. The van der Waals surface area contributed by atoms with Crippen LogP contribution in [-0.4, -0.2) is 49.6 Å². The van der Waals surface area contributed by atoms with E-state index in [1.807, 2.05) is 0 Å². The van der Waals surface area contributed by atoms with Gasteiger partial charge in [0.1, 0.15) is 23.5 Å². The van der Waals surface area contributed by atoms with E-state index < -0.39 is 17.7 Å². The number of nitrogens with zero attached hydrogens (tertiary/aromatic N) is 5. The second-order valence-electron chi connectivity index (χ2n) is 7.80. The van der Waals surface area contributed by atoms with Crippen molar-refractivity contribution in [2.24, 2.45) is 7.05 Å². The number of halogens is 4. The number of hydrogen-bond donors (Lipinski definition) is 0. The third kappa shape index (κ3) is 5.19. The van der Waals surface area contributed by atoms with Gasteiger partial charge in [-0.15, -0.1) is 0 Å². The summed E-state index contributed by atoms with van der Waals surface area (Å²) in [5.41, 5.74) is -0.624. The van der Waals surface area contributed by atoms with Crippen LogP contribution in [0.1, 0.15) is 34.6 Å². The van der Waals surface area contributed by atoms with Crippen LogP contribution in [0, 0.1) is 5.82 Å². The van der Waals surface area contributed by atoms with Gasteiger partial charge in [0.05, 0.1) is 12.0 Å². The molecular formula is C22H21F4N5O2. The lowest BCUT2D eigenvalue weighted by Gasteiger charge is -2.34. The molecule has 1 amide bonds. The van der Waals surface area contributed by atoms with Crippen LogP contribution >= 0.6 is 0 Å². The van der Waals surface area contributed by atoms with Gasteiger partial charge in [0.15, 0.2) is 0 Å². The number of aryl methyl sites for hydroxylation is 1. The van der Waals surface area contributed by atoms with Crippen molar-refractivity contribution in [1.29, 1.82) is 0 Å². The number of benzene rings is 1. The Morgan fingerprint density at radius 3 is 2.61 bits per heavy atom. The quantitative estimate of drug-likeness (QED) is 0.538. The summed E-state index contributed by atoms with van der Waals surface area (Å²) in [4.78, 5) is 26.1. The number of ether oxygens (including phenoxy) is 1. The molecule has 0 spiro atoms. The number of amides is 1. The van der Waals surface area contributed by atoms with E-state index >= 15 is 0 Å². The molecule has 0 atom stereocenters. The molecule has 7 nitrogen and oxygen atoms in total. The van der Waals surface area contributed by atoms with Crippen molar-refractivity contribution in [2.45, 2.75) is 31.6 Å². The molecule has 11 heteroatoms. The Hall–Kier alpha value is -3.34. The number of carbonyl (C=O) groups is 1. The van der Waals surface area contributed by atoms with Crippen LogP contribution in [0.4, 0.5) is 17.6 Å². The normalized spacial score (nSPS) is 14.9. The average Bonchev–Trinajstić information content (AvgIpc) is 3.24. The van der Waals surface area contributed by atoms with Gasteiger partial charge >= 0.3 is 6.18 Å². The molecular weight excluding hydrogens is 442 g/mol. The van der Waals surface area contributed by atoms with Gasteiger partial charge in [-0.3, -0.25) is 4.79 Å². The fraction of sp³-hybridized carbons (Fsp3) is 0.364. The van der Waals surface area contributed by atoms with E-state index in [1.54, 1.807) is 22.7 Å². The number of imidazole rings is 1. The van der Waals surface area contributed by atoms with E-state index in [1.165, 1.54) is 18.5 Å². The highest BCUT2D eigenvalue weighted by Gasteiger charge is 2.33. The molecule has 1 saturated heterocycles. The van der Waals surface area contributed by atoms with E-state index in [2.05, 4.69) is 15.0 Å². The van der Waals surface area contributed by atoms with Crippen molar-refractivity contribution in [3.63, 3.8) is 0 Å². The molecule has 1 aromatic carbocycles. The lowest BCUT2D eigenvalue weighted by molar-refractivity contribution is -0.141. The van der Waals surface area contributed by atoms with E-state index in [4.69, 9.17) is 4.74 Å². The molecule has 1 aliphatic rings. The Kier molecular flexibility index (Phi) is 6.41. The zero-order chi connectivity index (χ0) is 23.6. The second-order valence-corrected chi connectivity index (χ2v) is 7.80. The van der Waals surface area contributed by atoms with Crippen LogP contribution in [0.5, 0.6) is 0 Å². The maximum Gasteiger partial charge on any atom is 0.433 e. The number of alkyl halides is 3. The molecule has 2 aromatic heterocycles. The van der Waals surface area contributed by atoms with Crippen LogP contribution in [0.25, 0.3) is 11.3 Å². The monoisotopic (exact) mass is 463 g/mol. The maximum absolute atomic E-state index is 14.6. The molecule has 0 bridgehead atoms. The number of aromatic nitrogens is 4. The zero-order valence-corrected chi connectivity index (χ0v) is 17.7. The Balaban J connectivity index is 1.66. The Labute approximate surface area is 187 Å². The first-order chi connectivity index (χ1) is 15.7.